The molecule has 2 N–H and O–H groups in total. The van der Waals surface area contributed by atoms with Gasteiger partial charge in [0.05, 0.1) is 0 Å². The highest BCUT2D eigenvalue weighted by Gasteiger charge is 2.23. The molecule has 1 saturated heterocycles. The molecule has 0 aliphatic carbocycles. The lowest BCUT2D eigenvalue weighted by Gasteiger charge is -2.36. The number of aromatic hydroxyl groups is 1. The fraction of sp³-hybridized carbons (Fsp3) is 0.625. The number of likely N-dealkylation sites (tertiary alicyclic amines) is 1. The minimum Gasteiger partial charge on any atom is -0.508 e. The molecule has 1 aliphatic rings. The van der Waals surface area contributed by atoms with Gasteiger partial charge < -0.3 is 15.3 Å². The van der Waals surface area contributed by atoms with Crippen molar-refractivity contribution >= 4 is 0 Å². The zero-order valence-corrected chi connectivity index (χ0v) is 12.6. The summed E-state index contributed by atoms with van der Waals surface area (Å²) in [6, 6.07) is 5.11. The van der Waals surface area contributed by atoms with Gasteiger partial charge >= 0.3 is 0 Å². The normalized spacial score (nSPS) is 19.4. The van der Waals surface area contributed by atoms with Crippen LogP contribution >= 0.6 is 0 Å². The molecule has 1 aromatic rings. The summed E-state index contributed by atoms with van der Waals surface area (Å²) in [5.74, 6) is -0.146. The van der Waals surface area contributed by atoms with Gasteiger partial charge in [-0.05, 0) is 64.9 Å². The van der Waals surface area contributed by atoms with Crippen LogP contribution in [-0.4, -0.2) is 35.2 Å². The molecule has 1 aliphatic heterocycles. The quantitative estimate of drug-likeness (QED) is 0.890. The van der Waals surface area contributed by atoms with E-state index in [2.05, 4.69) is 24.1 Å². The molecule has 0 radical (unpaired) electrons. The lowest BCUT2D eigenvalue weighted by Crippen LogP contribution is -2.45. The average molecular weight is 280 g/mol. The minimum atomic E-state index is -0.305. The Morgan fingerprint density at radius 2 is 1.90 bits per heavy atom. The second-order valence-electron chi connectivity index (χ2n) is 6.00. The van der Waals surface area contributed by atoms with Gasteiger partial charge in [-0.25, -0.2) is 4.39 Å². The molecular weight excluding hydrogens is 255 g/mol. The number of hydrogen-bond donors (Lipinski definition) is 2. The van der Waals surface area contributed by atoms with E-state index in [1.165, 1.54) is 18.2 Å². The number of nitrogens with one attached hydrogen (secondary N) is 1. The highest BCUT2D eigenvalue weighted by Crippen LogP contribution is 2.26. The van der Waals surface area contributed by atoms with Crippen molar-refractivity contribution in [3.05, 3.63) is 29.6 Å². The number of nitrogens with zero attached hydrogens (tertiary/aromatic N) is 1. The molecule has 2 rings (SSSR count). The number of phenols is 1. The Labute approximate surface area is 120 Å². The first-order valence-corrected chi connectivity index (χ1v) is 7.46. The fourth-order valence-corrected chi connectivity index (χ4v) is 2.90. The van der Waals surface area contributed by atoms with Crippen LogP contribution in [0.3, 0.4) is 0 Å². The van der Waals surface area contributed by atoms with Gasteiger partial charge in [-0.3, -0.25) is 0 Å². The summed E-state index contributed by atoms with van der Waals surface area (Å²) >= 11 is 0. The van der Waals surface area contributed by atoms with Crippen LogP contribution in [0.2, 0.25) is 0 Å². The van der Waals surface area contributed by atoms with Crippen molar-refractivity contribution in [2.45, 2.75) is 51.7 Å². The summed E-state index contributed by atoms with van der Waals surface area (Å²) in [6.07, 6.45) is 2.19. The molecular formula is C16H25FN2O. The molecule has 4 heteroatoms. The van der Waals surface area contributed by atoms with Crippen molar-refractivity contribution in [1.82, 2.24) is 10.2 Å². The summed E-state index contributed by atoms with van der Waals surface area (Å²) in [5, 5.41) is 13.3. The maximum absolute atomic E-state index is 13.3. The smallest absolute Gasteiger partial charge is 0.123 e. The molecule has 20 heavy (non-hydrogen) atoms. The molecule has 0 amide bonds. The van der Waals surface area contributed by atoms with Crippen LogP contribution in [0, 0.1) is 5.82 Å². The third-order valence-corrected chi connectivity index (χ3v) is 4.20. The van der Waals surface area contributed by atoms with Crippen molar-refractivity contribution in [3.8, 4) is 5.75 Å². The summed E-state index contributed by atoms with van der Waals surface area (Å²) in [5.41, 5.74) is 0.635. The van der Waals surface area contributed by atoms with E-state index in [9.17, 15) is 9.50 Å². The van der Waals surface area contributed by atoms with Gasteiger partial charge in [0.1, 0.15) is 11.6 Å². The van der Waals surface area contributed by atoms with Gasteiger partial charge in [-0.1, -0.05) is 0 Å². The number of rotatable bonds is 4. The van der Waals surface area contributed by atoms with E-state index >= 15 is 0 Å². The van der Waals surface area contributed by atoms with Crippen LogP contribution < -0.4 is 5.32 Å². The number of phenolic OH excluding ortho intramolecular Hbond substituents is 1. The SMILES string of the molecule is CC(NC1CCN(C(C)C)CC1)c1cc(F)ccc1O. The van der Waals surface area contributed by atoms with Gasteiger partial charge in [-0.2, -0.15) is 0 Å². The Morgan fingerprint density at radius 3 is 2.50 bits per heavy atom. The Morgan fingerprint density at radius 1 is 1.25 bits per heavy atom. The summed E-state index contributed by atoms with van der Waals surface area (Å²) in [7, 11) is 0. The third kappa shape index (κ3) is 3.70. The number of benzene rings is 1. The first-order valence-electron chi connectivity index (χ1n) is 7.46. The van der Waals surface area contributed by atoms with E-state index in [0.29, 0.717) is 17.6 Å². The summed E-state index contributed by atoms with van der Waals surface area (Å²) in [6.45, 7) is 8.61. The molecule has 112 valence electrons. The van der Waals surface area contributed by atoms with Gasteiger partial charge in [-0.15, -0.1) is 0 Å². The second kappa shape index (κ2) is 6.55. The van der Waals surface area contributed by atoms with Crippen molar-refractivity contribution in [2.75, 3.05) is 13.1 Å². The predicted molar refractivity (Wildman–Crippen MR) is 79.3 cm³/mol. The van der Waals surface area contributed by atoms with E-state index in [1.54, 1.807) is 0 Å². The van der Waals surface area contributed by atoms with Crippen LogP contribution in [0.1, 0.15) is 45.2 Å². The van der Waals surface area contributed by atoms with E-state index < -0.39 is 0 Å². The van der Waals surface area contributed by atoms with Gasteiger partial charge in [0.15, 0.2) is 0 Å². The van der Waals surface area contributed by atoms with Crippen LogP contribution in [0.4, 0.5) is 4.39 Å². The Kier molecular flexibility index (Phi) is 5.00. The average Bonchev–Trinajstić information content (AvgIpc) is 2.42. The molecule has 1 unspecified atom stereocenters. The van der Waals surface area contributed by atoms with Crippen LogP contribution in [0.25, 0.3) is 0 Å². The van der Waals surface area contributed by atoms with E-state index in [0.717, 1.165) is 25.9 Å². The molecule has 0 aromatic heterocycles. The van der Waals surface area contributed by atoms with Crippen molar-refractivity contribution in [2.24, 2.45) is 0 Å². The fourth-order valence-electron chi connectivity index (χ4n) is 2.90. The molecule has 1 atom stereocenters. The Hall–Kier alpha value is -1.13. The van der Waals surface area contributed by atoms with Crippen molar-refractivity contribution in [3.63, 3.8) is 0 Å². The summed E-state index contributed by atoms with van der Waals surface area (Å²) < 4.78 is 13.3. The van der Waals surface area contributed by atoms with Gasteiger partial charge in [0.25, 0.3) is 0 Å². The maximum Gasteiger partial charge on any atom is 0.123 e. The minimum absolute atomic E-state index is 0.0405. The lowest BCUT2D eigenvalue weighted by atomic mass is 10.0. The van der Waals surface area contributed by atoms with E-state index in [4.69, 9.17) is 0 Å². The van der Waals surface area contributed by atoms with Crippen LogP contribution in [0.15, 0.2) is 18.2 Å². The zero-order valence-electron chi connectivity index (χ0n) is 12.6. The van der Waals surface area contributed by atoms with Crippen molar-refractivity contribution in [1.29, 1.82) is 0 Å². The monoisotopic (exact) mass is 280 g/mol. The van der Waals surface area contributed by atoms with Crippen LogP contribution in [0.5, 0.6) is 5.75 Å². The highest BCUT2D eigenvalue weighted by molar-refractivity contribution is 5.34. The molecule has 1 fully saturated rings. The predicted octanol–water partition coefficient (Wildman–Crippen LogP) is 3.05. The molecule has 1 heterocycles. The van der Waals surface area contributed by atoms with Gasteiger partial charge in [0.2, 0.25) is 0 Å². The third-order valence-electron chi connectivity index (χ3n) is 4.20. The van der Waals surface area contributed by atoms with Crippen LogP contribution in [-0.2, 0) is 0 Å². The molecule has 0 saturated carbocycles. The first kappa shape index (κ1) is 15.3. The molecule has 0 spiro atoms. The van der Waals surface area contributed by atoms with E-state index in [1.807, 2.05) is 6.92 Å². The first-order chi connectivity index (χ1) is 9.47. The highest BCUT2D eigenvalue weighted by atomic mass is 19.1. The number of halogens is 1. The lowest BCUT2D eigenvalue weighted by molar-refractivity contribution is 0.157. The molecule has 0 bridgehead atoms. The Bertz CT molecular complexity index is 442. The topological polar surface area (TPSA) is 35.5 Å². The molecule has 3 nitrogen and oxygen atoms in total. The zero-order chi connectivity index (χ0) is 14.7. The summed E-state index contributed by atoms with van der Waals surface area (Å²) in [4.78, 5) is 2.47. The maximum atomic E-state index is 13.3. The van der Waals surface area contributed by atoms with E-state index in [-0.39, 0.29) is 17.6 Å². The number of hydrogen-bond acceptors (Lipinski definition) is 3. The Balaban J connectivity index is 1.92. The van der Waals surface area contributed by atoms with Crippen molar-refractivity contribution < 1.29 is 9.50 Å². The number of piperidine rings is 1. The molecule has 1 aromatic carbocycles. The standard InChI is InChI=1S/C16H25FN2O/c1-11(2)19-8-6-14(7-9-19)18-12(3)15-10-13(17)4-5-16(15)20/h4-5,10-12,14,18,20H,6-9H2,1-3H3. The second-order valence-corrected chi connectivity index (χ2v) is 6.00. The van der Waals surface area contributed by atoms with Gasteiger partial charge in [0, 0.05) is 23.7 Å². The largest absolute Gasteiger partial charge is 0.508 e.